The van der Waals surface area contributed by atoms with Gasteiger partial charge in [0.1, 0.15) is 16.4 Å². The summed E-state index contributed by atoms with van der Waals surface area (Å²) in [6, 6.07) is 8.93. The van der Waals surface area contributed by atoms with Crippen molar-refractivity contribution in [1.29, 1.82) is 0 Å². The molecular weight excluding hydrogens is 454 g/mol. The average Bonchev–Trinajstić information content (AvgIpc) is 3.14. The fraction of sp³-hybridized carbons (Fsp3) is 0.583. The minimum Gasteiger partial charge on any atom is -0.494 e. The molecule has 1 aromatic carbocycles. The Morgan fingerprint density at radius 2 is 1.35 bits per heavy atom. The van der Waals surface area contributed by atoms with Crippen LogP contribution in [0.5, 0.6) is 11.5 Å². The maximum absolute atomic E-state index is 13.4. The van der Waals surface area contributed by atoms with Crippen LogP contribution < -0.4 is 19.3 Å². The van der Waals surface area contributed by atoms with Crippen LogP contribution in [0.25, 0.3) is 0 Å². The number of piperazine rings is 1. The first-order valence-electron chi connectivity index (χ1n) is 12.3. The fourth-order valence-corrected chi connectivity index (χ4v) is 6.01. The Balaban J connectivity index is 1.42. The largest absolute Gasteiger partial charge is 0.494 e. The van der Waals surface area contributed by atoms with E-state index in [1.165, 1.54) is 30.0 Å². The summed E-state index contributed by atoms with van der Waals surface area (Å²) in [4.78, 5) is 4.57. The molecule has 2 saturated heterocycles. The molecule has 0 radical (unpaired) electrons. The second-order valence-corrected chi connectivity index (χ2v) is 10.4. The molecule has 2 fully saturated rings. The van der Waals surface area contributed by atoms with Gasteiger partial charge in [-0.3, -0.25) is 0 Å². The maximum Gasteiger partial charge on any atom is 0.246 e. The number of hydrogen-bond donors (Lipinski definition) is 0. The molecule has 0 amide bonds. The second-order valence-electron chi connectivity index (χ2n) is 8.52. The minimum atomic E-state index is -3.69. The van der Waals surface area contributed by atoms with E-state index in [0.717, 1.165) is 24.7 Å². The Bertz CT molecular complexity index is 1030. The molecule has 0 N–H and O–H groups in total. The number of nitrogens with zero attached hydrogens (tertiary/aromatic N) is 5. The molecule has 0 aliphatic carbocycles. The molecule has 4 rings (SSSR count). The van der Waals surface area contributed by atoms with Crippen molar-refractivity contribution >= 4 is 21.7 Å². The zero-order chi connectivity index (χ0) is 24.0. The summed E-state index contributed by atoms with van der Waals surface area (Å²) in [6.07, 6.45) is 4.94. The van der Waals surface area contributed by atoms with Gasteiger partial charge < -0.3 is 19.3 Å². The highest BCUT2D eigenvalue weighted by Crippen LogP contribution is 2.32. The average molecular weight is 490 g/mol. The molecule has 0 unspecified atom stereocenters. The summed E-state index contributed by atoms with van der Waals surface area (Å²) in [5, 5.41) is 8.92. The van der Waals surface area contributed by atoms with Crippen molar-refractivity contribution in [1.82, 2.24) is 14.5 Å². The van der Waals surface area contributed by atoms with Crippen molar-refractivity contribution in [2.75, 3.05) is 62.3 Å². The van der Waals surface area contributed by atoms with Gasteiger partial charge in [-0.25, -0.2) is 8.42 Å². The Hall–Kier alpha value is -2.59. The van der Waals surface area contributed by atoms with Gasteiger partial charge in [-0.1, -0.05) is 12.8 Å². The Morgan fingerprint density at radius 1 is 0.765 bits per heavy atom. The maximum atomic E-state index is 13.4. The first-order valence-corrected chi connectivity index (χ1v) is 13.7. The van der Waals surface area contributed by atoms with Gasteiger partial charge in [0.15, 0.2) is 11.6 Å². The monoisotopic (exact) mass is 489 g/mol. The standard InChI is InChI=1S/C24H35N5O4S/c1-3-32-20-9-10-22(21(19-20)33-4-2)34(30,31)29-17-15-28(16-18-29)24-12-11-23(25-26-24)27-13-7-5-6-8-14-27/h9-12,19H,3-8,13-18H2,1-2H3. The molecule has 3 heterocycles. The number of anilines is 2. The van der Waals surface area contributed by atoms with Crippen LogP contribution >= 0.6 is 0 Å². The molecule has 1 aromatic heterocycles. The van der Waals surface area contributed by atoms with Crippen LogP contribution in [0.4, 0.5) is 11.6 Å². The molecule has 0 spiro atoms. The van der Waals surface area contributed by atoms with E-state index in [0.29, 0.717) is 50.9 Å². The molecule has 2 aromatic rings. The van der Waals surface area contributed by atoms with Crippen molar-refractivity contribution in [3.63, 3.8) is 0 Å². The van der Waals surface area contributed by atoms with Crippen LogP contribution in [0.3, 0.4) is 0 Å². The van der Waals surface area contributed by atoms with Crippen molar-refractivity contribution in [3.8, 4) is 11.5 Å². The third-order valence-electron chi connectivity index (χ3n) is 6.27. The molecule has 0 atom stereocenters. The van der Waals surface area contributed by atoms with Crippen LogP contribution in [0, 0.1) is 0 Å². The van der Waals surface area contributed by atoms with E-state index < -0.39 is 10.0 Å². The van der Waals surface area contributed by atoms with Crippen molar-refractivity contribution < 1.29 is 17.9 Å². The Labute approximate surface area is 202 Å². The first kappa shape index (κ1) is 24.5. The molecule has 186 valence electrons. The predicted molar refractivity (Wildman–Crippen MR) is 132 cm³/mol. The van der Waals surface area contributed by atoms with Gasteiger partial charge in [0.05, 0.1) is 13.2 Å². The zero-order valence-corrected chi connectivity index (χ0v) is 21.0. The molecule has 2 aliphatic heterocycles. The fourth-order valence-electron chi connectivity index (χ4n) is 4.48. The molecule has 2 aliphatic rings. The number of sulfonamides is 1. The van der Waals surface area contributed by atoms with Crippen molar-refractivity contribution in [2.24, 2.45) is 0 Å². The summed E-state index contributed by atoms with van der Waals surface area (Å²) >= 11 is 0. The van der Waals surface area contributed by atoms with Crippen LogP contribution in [-0.2, 0) is 10.0 Å². The number of rotatable bonds is 8. The predicted octanol–water partition coefficient (Wildman–Crippen LogP) is 3.17. The highest BCUT2D eigenvalue weighted by atomic mass is 32.2. The summed E-state index contributed by atoms with van der Waals surface area (Å²) < 4.78 is 39.5. The van der Waals surface area contributed by atoms with E-state index in [-0.39, 0.29) is 4.90 Å². The third-order valence-corrected chi connectivity index (χ3v) is 8.21. The van der Waals surface area contributed by atoms with Gasteiger partial charge >= 0.3 is 0 Å². The van der Waals surface area contributed by atoms with E-state index in [1.54, 1.807) is 18.2 Å². The molecule has 0 saturated carbocycles. The summed E-state index contributed by atoms with van der Waals surface area (Å²) in [7, 11) is -3.69. The van der Waals surface area contributed by atoms with Gasteiger partial charge in [-0.15, -0.1) is 10.2 Å². The SMILES string of the molecule is CCOc1ccc(S(=O)(=O)N2CCN(c3ccc(N4CCCCCC4)nn3)CC2)c(OCC)c1. The summed E-state index contributed by atoms with van der Waals surface area (Å²) in [5.74, 6) is 2.63. The molecule has 9 nitrogen and oxygen atoms in total. The quantitative estimate of drug-likeness (QED) is 0.559. The lowest BCUT2D eigenvalue weighted by Crippen LogP contribution is -2.49. The number of benzene rings is 1. The summed E-state index contributed by atoms with van der Waals surface area (Å²) in [6.45, 7) is 8.50. The van der Waals surface area contributed by atoms with Crippen molar-refractivity contribution in [2.45, 2.75) is 44.4 Å². The van der Waals surface area contributed by atoms with Crippen molar-refractivity contribution in [3.05, 3.63) is 30.3 Å². The van der Waals surface area contributed by atoms with Crippen LogP contribution in [-0.4, -0.2) is 75.4 Å². The number of aromatic nitrogens is 2. The van der Waals surface area contributed by atoms with Gasteiger partial charge in [0, 0.05) is 45.3 Å². The lowest BCUT2D eigenvalue weighted by atomic mass is 10.2. The molecule has 34 heavy (non-hydrogen) atoms. The lowest BCUT2D eigenvalue weighted by molar-refractivity contribution is 0.314. The summed E-state index contributed by atoms with van der Waals surface area (Å²) in [5.41, 5.74) is 0. The molecular formula is C24H35N5O4S. The smallest absolute Gasteiger partial charge is 0.246 e. The topological polar surface area (TPSA) is 88.1 Å². The van der Waals surface area contributed by atoms with E-state index in [1.807, 2.05) is 26.0 Å². The van der Waals surface area contributed by atoms with Gasteiger partial charge in [0.2, 0.25) is 10.0 Å². The minimum absolute atomic E-state index is 0.174. The van der Waals surface area contributed by atoms with Crippen LogP contribution in [0.15, 0.2) is 35.2 Å². The molecule has 0 bridgehead atoms. The zero-order valence-electron chi connectivity index (χ0n) is 20.1. The first-order chi connectivity index (χ1) is 16.5. The van der Waals surface area contributed by atoms with E-state index >= 15 is 0 Å². The van der Waals surface area contributed by atoms with Gasteiger partial charge in [-0.2, -0.15) is 4.31 Å². The van der Waals surface area contributed by atoms with Crippen LogP contribution in [0.2, 0.25) is 0 Å². The van der Waals surface area contributed by atoms with Gasteiger partial charge in [0.25, 0.3) is 0 Å². The van der Waals surface area contributed by atoms with E-state index in [2.05, 4.69) is 20.0 Å². The normalized spacial score (nSPS) is 17.9. The van der Waals surface area contributed by atoms with Crippen LogP contribution in [0.1, 0.15) is 39.5 Å². The highest BCUT2D eigenvalue weighted by Gasteiger charge is 2.31. The van der Waals surface area contributed by atoms with E-state index in [9.17, 15) is 8.42 Å². The second kappa shape index (κ2) is 11.2. The van der Waals surface area contributed by atoms with E-state index in [4.69, 9.17) is 9.47 Å². The van der Waals surface area contributed by atoms with Gasteiger partial charge in [-0.05, 0) is 51.0 Å². The number of hydrogen-bond acceptors (Lipinski definition) is 8. The number of ether oxygens (including phenoxy) is 2. The Kier molecular flexibility index (Phi) is 8.10. The highest BCUT2D eigenvalue weighted by molar-refractivity contribution is 7.89. The lowest BCUT2D eigenvalue weighted by Gasteiger charge is -2.34. The third kappa shape index (κ3) is 5.55. The Morgan fingerprint density at radius 3 is 1.91 bits per heavy atom. The molecule has 10 heteroatoms.